The molecule has 1 unspecified atom stereocenters. The number of anilines is 1. The molecule has 4 N–H and O–H groups in total. The van der Waals surface area contributed by atoms with E-state index in [9.17, 15) is 14.7 Å². The van der Waals surface area contributed by atoms with Gasteiger partial charge in [-0.25, -0.2) is 5.43 Å². The van der Waals surface area contributed by atoms with Gasteiger partial charge < -0.3 is 15.4 Å². The second-order valence-electron chi connectivity index (χ2n) is 5.60. The maximum atomic E-state index is 11.8. The predicted molar refractivity (Wildman–Crippen MR) is 95.9 cm³/mol. The Kier molecular flexibility index (Phi) is 5.99. The summed E-state index contributed by atoms with van der Waals surface area (Å²) in [7, 11) is 0. The smallest absolute Gasteiger partial charge is 0.247 e. The zero-order chi connectivity index (χ0) is 18.4. The number of rotatable bonds is 7. The van der Waals surface area contributed by atoms with Gasteiger partial charge in [-0.1, -0.05) is 6.58 Å². The summed E-state index contributed by atoms with van der Waals surface area (Å²) in [6.07, 6.45) is 1.31. The van der Waals surface area contributed by atoms with Gasteiger partial charge in [0.2, 0.25) is 11.8 Å². The highest BCUT2D eigenvalue weighted by molar-refractivity contribution is 5.90. The third kappa shape index (κ3) is 4.50. The Labute approximate surface area is 146 Å². The van der Waals surface area contributed by atoms with Crippen molar-refractivity contribution < 1.29 is 14.7 Å². The number of carbonyl (C=O) groups excluding carboxylic acids is 2. The summed E-state index contributed by atoms with van der Waals surface area (Å²) < 4.78 is 0. The zero-order valence-corrected chi connectivity index (χ0v) is 14.4. The Balaban J connectivity index is 1.94. The summed E-state index contributed by atoms with van der Waals surface area (Å²) in [5.41, 5.74) is 9.19. The first kappa shape index (κ1) is 18.3. The molecule has 0 saturated carbocycles. The summed E-state index contributed by atoms with van der Waals surface area (Å²) in [5.74, 6) is -1.25. The molecular weight excluding hydrogens is 322 g/mol. The molecule has 1 heterocycles. The van der Waals surface area contributed by atoms with Gasteiger partial charge in [-0.15, -0.1) is 0 Å². The first-order valence-corrected chi connectivity index (χ1v) is 8.10. The minimum absolute atomic E-state index is 0.0537. The lowest BCUT2D eigenvalue weighted by Gasteiger charge is -2.21. The van der Waals surface area contributed by atoms with Crippen LogP contribution in [0.25, 0.3) is 0 Å². The molecule has 0 radical (unpaired) electrons. The minimum Gasteiger partial charge on any atom is -0.507 e. The lowest BCUT2D eigenvalue weighted by atomic mass is 10.0. The topological polar surface area (TPSA) is 106 Å². The van der Waals surface area contributed by atoms with E-state index in [1.54, 1.807) is 12.1 Å². The van der Waals surface area contributed by atoms with Crippen molar-refractivity contribution in [2.45, 2.75) is 20.3 Å². The maximum absolute atomic E-state index is 11.8. The minimum atomic E-state index is -0.614. The number of hydrogen-bond acceptors (Lipinski definition) is 6. The lowest BCUT2D eigenvalue weighted by molar-refractivity contribution is -0.127. The number of amides is 2. The van der Waals surface area contributed by atoms with Gasteiger partial charge in [0, 0.05) is 42.5 Å². The number of carbonyl (C=O) groups is 2. The van der Waals surface area contributed by atoms with E-state index in [0.29, 0.717) is 11.3 Å². The number of nitrogens with zero attached hydrogens (tertiary/aromatic N) is 2. The van der Waals surface area contributed by atoms with Crippen LogP contribution in [-0.4, -0.2) is 36.2 Å². The van der Waals surface area contributed by atoms with Crippen molar-refractivity contribution in [2.75, 3.05) is 18.0 Å². The van der Waals surface area contributed by atoms with Gasteiger partial charge in [0.05, 0.1) is 12.1 Å². The van der Waals surface area contributed by atoms with E-state index < -0.39 is 11.8 Å². The van der Waals surface area contributed by atoms with Crippen LogP contribution in [-0.2, 0) is 9.59 Å². The van der Waals surface area contributed by atoms with Crippen LogP contribution >= 0.6 is 0 Å². The zero-order valence-electron chi connectivity index (χ0n) is 14.4. The Bertz CT molecular complexity index is 682. The van der Waals surface area contributed by atoms with E-state index in [2.05, 4.69) is 32.9 Å². The molecule has 1 saturated heterocycles. The fraction of sp³-hybridized carbons (Fsp3) is 0.353. The molecule has 2 rings (SSSR count). The molecule has 0 aliphatic carbocycles. The summed E-state index contributed by atoms with van der Waals surface area (Å²) in [4.78, 5) is 25.5. The standard InChI is InChI=1S/C17H23N5O3/c1-4-22(5-2)13-7-6-12(15(23)8-13)10-18-20-16(24)9-14-11(3)19-21-17(14)25/h6-8,10,14,19,23H,3-5,9H2,1-2H3,(H,20,24)(H,21,25)/b18-10+. The largest absolute Gasteiger partial charge is 0.507 e. The van der Waals surface area contributed by atoms with Gasteiger partial charge in [-0.05, 0) is 26.0 Å². The number of aromatic hydroxyl groups is 1. The van der Waals surface area contributed by atoms with E-state index in [1.165, 1.54) is 6.21 Å². The van der Waals surface area contributed by atoms with Crippen LogP contribution in [0, 0.1) is 5.92 Å². The molecule has 8 heteroatoms. The molecule has 0 spiro atoms. The SMILES string of the molecule is C=C1NNC(=O)C1CC(=O)N/N=C/c1ccc(N(CC)CC)cc1O. The molecule has 1 aliphatic heterocycles. The van der Waals surface area contributed by atoms with E-state index in [0.717, 1.165) is 18.8 Å². The summed E-state index contributed by atoms with van der Waals surface area (Å²) in [6.45, 7) is 9.43. The van der Waals surface area contributed by atoms with Crippen molar-refractivity contribution in [1.82, 2.24) is 16.3 Å². The average Bonchev–Trinajstić information content (AvgIpc) is 2.90. The third-order valence-corrected chi connectivity index (χ3v) is 4.01. The fourth-order valence-electron chi connectivity index (χ4n) is 2.52. The molecule has 25 heavy (non-hydrogen) atoms. The molecule has 0 bridgehead atoms. The van der Waals surface area contributed by atoms with Crippen LogP contribution < -0.4 is 21.2 Å². The molecule has 1 aromatic rings. The number of phenolic OH excluding ortho intramolecular Hbond substituents is 1. The molecule has 1 atom stereocenters. The van der Waals surface area contributed by atoms with Crippen molar-refractivity contribution in [3.05, 3.63) is 36.0 Å². The van der Waals surface area contributed by atoms with Crippen LogP contribution in [0.15, 0.2) is 35.6 Å². The van der Waals surface area contributed by atoms with Gasteiger partial charge >= 0.3 is 0 Å². The van der Waals surface area contributed by atoms with E-state index in [4.69, 9.17) is 0 Å². The quantitative estimate of drug-likeness (QED) is 0.433. The first-order chi connectivity index (χ1) is 12.0. The lowest BCUT2D eigenvalue weighted by Crippen LogP contribution is -2.27. The molecule has 1 aromatic carbocycles. The van der Waals surface area contributed by atoms with Crippen LogP contribution in [0.3, 0.4) is 0 Å². The Morgan fingerprint density at radius 3 is 2.68 bits per heavy atom. The Morgan fingerprint density at radius 2 is 2.12 bits per heavy atom. The van der Waals surface area contributed by atoms with Crippen LogP contribution in [0.2, 0.25) is 0 Å². The van der Waals surface area contributed by atoms with Crippen molar-refractivity contribution >= 4 is 23.7 Å². The highest BCUT2D eigenvalue weighted by Crippen LogP contribution is 2.23. The second kappa shape index (κ2) is 8.18. The van der Waals surface area contributed by atoms with E-state index in [-0.39, 0.29) is 18.1 Å². The molecule has 134 valence electrons. The van der Waals surface area contributed by atoms with Crippen molar-refractivity contribution in [1.29, 1.82) is 0 Å². The van der Waals surface area contributed by atoms with Crippen LogP contribution in [0.5, 0.6) is 5.75 Å². The van der Waals surface area contributed by atoms with Gasteiger partial charge in [-0.2, -0.15) is 5.10 Å². The van der Waals surface area contributed by atoms with Gasteiger partial charge in [0.1, 0.15) is 5.75 Å². The van der Waals surface area contributed by atoms with Crippen molar-refractivity contribution in [3.63, 3.8) is 0 Å². The van der Waals surface area contributed by atoms with Gasteiger partial charge in [0.25, 0.3) is 0 Å². The maximum Gasteiger partial charge on any atom is 0.247 e. The van der Waals surface area contributed by atoms with Crippen molar-refractivity contribution in [2.24, 2.45) is 11.0 Å². The van der Waals surface area contributed by atoms with E-state index >= 15 is 0 Å². The Hall–Kier alpha value is -3.03. The molecule has 2 amide bonds. The highest BCUT2D eigenvalue weighted by atomic mass is 16.3. The monoisotopic (exact) mass is 345 g/mol. The number of phenols is 1. The molecule has 1 fully saturated rings. The molecule has 1 aliphatic rings. The molecule has 8 nitrogen and oxygen atoms in total. The normalized spacial score (nSPS) is 16.6. The highest BCUT2D eigenvalue weighted by Gasteiger charge is 2.29. The number of nitrogens with one attached hydrogen (secondary N) is 3. The number of hydrazone groups is 1. The average molecular weight is 345 g/mol. The third-order valence-electron chi connectivity index (χ3n) is 4.01. The van der Waals surface area contributed by atoms with Crippen LogP contribution in [0.1, 0.15) is 25.8 Å². The molecule has 0 aromatic heterocycles. The van der Waals surface area contributed by atoms with Gasteiger partial charge in [-0.3, -0.25) is 15.0 Å². The second-order valence-corrected chi connectivity index (χ2v) is 5.60. The summed E-state index contributed by atoms with van der Waals surface area (Å²) in [5, 5.41) is 13.9. The molecular formula is C17H23N5O3. The fourth-order valence-corrected chi connectivity index (χ4v) is 2.52. The summed E-state index contributed by atoms with van der Waals surface area (Å²) in [6, 6.07) is 5.28. The van der Waals surface area contributed by atoms with Gasteiger partial charge in [0.15, 0.2) is 0 Å². The Morgan fingerprint density at radius 1 is 1.40 bits per heavy atom. The predicted octanol–water partition coefficient (Wildman–Crippen LogP) is 0.843. The number of benzene rings is 1. The van der Waals surface area contributed by atoms with Crippen LogP contribution in [0.4, 0.5) is 5.69 Å². The number of hydrazine groups is 1. The van der Waals surface area contributed by atoms with Crippen molar-refractivity contribution in [3.8, 4) is 5.75 Å². The first-order valence-electron chi connectivity index (χ1n) is 8.10. The number of hydrogen-bond donors (Lipinski definition) is 4. The summed E-state index contributed by atoms with van der Waals surface area (Å²) >= 11 is 0. The van der Waals surface area contributed by atoms with E-state index in [1.807, 2.05) is 19.9 Å².